The lowest BCUT2D eigenvalue weighted by Crippen LogP contribution is -2.62. The fourth-order valence-electron chi connectivity index (χ4n) is 5.02. The zero-order valence-corrected chi connectivity index (χ0v) is 20.7. The first kappa shape index (κ1) is 27.0. The van der Waals surface area contributed by atoms with E-state index < -0.39 is 58.3 Å². The van der Waals surface area contributed by atoms with Gasteiger partial charge in [0, 0.05) is 31.8 Å². The van der Waals surface area contributed by atoms with E-state index >= 15 is 0 Å². The average molecular weight is 469 g/mol. The Balaban J connectivity index is 2.48. The molecule has 2 rings (SSSR count). The van der Waals surface area contributed by atoms with Gasteiger partial charge in [-0.3, -0.25) is 14.4 Å². The molecule has 9 nitrogen and oxygen atoms in total. The average Bonchev–Trinajstić information content (AvgIpc) is 2.61. The third-order valence-electron chi connectivity index (χ3n) is 7.00. The van der Waals surface area contributed by atoms with E-state index in [2.05, 4.69) is 0 Å². The van der Waals surface area contributed by atoms with Gasteiger partial charge >= 0.3 is 17.9 Å². The summed E-state index contributed by atoms with van der Waals surface area (Å²) in [6, 6.07) is 0. The molecule has 0 unspecified atom stereocenters. The molecule has 1 saturated carbocycles. The van der Waals surface area contributed by atoms with Gasteiger partial charge in [-0.1, -0.05) is 13.0 Å². The van der Waals surface area contributed by atoms with E-state index in [0.29, 0.717) is 6.42 Å². The number of aliphatic hydroxyl groups is 2. The number of carbonyl (C=O) groups is 4. The first-order chi connectivity index (χ1) is 14.8. The molecule has 0 spiro atoms. The number of ether oxygens (including phenoxy) is 3. The summed E-state index contributed by atoms with van der Waals surface area (Å²) in [7, 11) is 0. The largest absolute Gasteiger partial charge is 0.459 e. The van der Waals surface area contributed by atoms with Gasteiger partial charge < -0.3 is 24.4 Å². The number of hydrogen-bond donors (Lipinski definition) is 2. The van der Waals surface area contributed by atoms with E-state index in [9.17, 15) is 29.4 Å². The maximum absolute atomic E-state index is 12.9. The summed E-state index contributed by atoms with van der Waals surface area (Å²) in [5.74, 6) is -3.01. The fraction of sp³-hybridized carbons (Fsp3) is 0.750. The van der Waals surface area contributed by atoms with Crippen molar-refractivity contribution in [3.8, 4) is 0 Å². The van der Waals surface area contributed by atoms with Crippen LogP contribution in [-0.2, 0) is 33.4 Å². The maximum atomic E-state index is 12.9. The minimum atomic E-state index is -2.14. The van der Waals surface area contributed by atoms with Gasteiger partial charge in [0.2, 0.25) is 0 Å². The Hall–Kier alpha value is -2.26. The highest BCUT2D eigenvalue weighted by Crippen LogP contribution is 2.55. The number of ketones is 1. The van der Waals surface area contributed by atoms with Crippen LogP contribution in [-0.4, -0.2) is 62.9 Å². The summed E-state index contributed by atoms with van der Waals surface area (Å²) in [6.07, 6.45) is 0.413. The summed E-state index contributed by atoms with van der Waals surface area (Å²) in [6.45, 7) is 11.5. The van der Waals surface area contributed by atoms with Crippen LogP contribution < -0.4 is 0 Å². The molecule has 0 bridgehead atoms. The van der Waals surface area contributed by atoms with E-state index in [0.717, 1.165) is 6.92 Å². The summed E-state index contributed by atoms with van der Waals surface area (Å²) in [5.41, 5.74) is -5.28. The van der Waals surface area contributed by atoms with Crippen molar-refractivity contribution in [2.45, 2.75) is 104 Å². The van der Waals surface area contributed by atoms with Gasteiger partial charge in [-0.15, -0.1) is 0 Å². The summed E-state index contributed by atoms with van der Waals surface area (Å²) < 4.78 is 16.4. The topological polar surface area (TPSA) is 136 Å². The third kappa shape index (κ3) is 5.30. The van der Waals surface area contributed by atoms with Gasteiger partial charge in [-0.2, -0.15) is 0 Å². The van der Waals surface area contributed by atoms with Crippen LogP contribution in [0.3, 0.4) is 0 Å². The van der Waals surface area contributed by atoms with Crippen LogP contribution in [0.2, 0.25) is 0 Å². The molecule has 9 heteroatoms. The number of Topliss-reactive ketones (excluding diaryl/α,β-unsaturated/α-hetero) is 1. The van der Waals surface area contributed by atoms with Crippen LogP contribution in [0.15, 0.2) is 11.6 Å². The molecule has 33 heavy (non-hydrogen) atoms. The van der Waals surface area contributed by atoms with Crippen molar-refractivity contribution in [2.24, 2.45) is 11.3 Å². The zero-order valence-electron chi connectivity index (χ0n) is 20.7. The Kier molecular flexibility index (Phi) is 7.22. The van der Waals surface area contributed by atoms with E-state index in [1.54, 1.807) is 13.0 Å². The molecule has 2 aliphatic carbocycles. The summed E-state index contributed by atoms with van der Waals surface area (Å²) in [5, 5.41) is 21.2. The van der Waals surface area contributed by atoms with Gasteiger partial charge in [0.15, 0.2) is 17.0 Å². The van der Waals surface area contributed by atoms with Gasteiger partial charge in [-0.05, 0) is 52.9 Å². The second kappa shape index (κ2) is 8.83. The van der Waals surface area contributed by atoms with Crippen LogP contribution in [0.4, 0.5) is 0 Å². The van der Waals surface area contributed by atoms with Gasteiger partial charge in [0.05, 0.1) is 5.60 Å². The minimum Gasteiger partial charge on any atom is -0.459 e. The van der Waals surface area contributed by atoms with Crippen LogP contribution in [0.1, 0.15) is 74.7 Å². The quantitative estimate of drug-likeness (QED) is 0.443. The third-order valence-corrected chi connectivity index (χ3v) is 7.00. The van der Waals surface area contributed by atoms with Crippen LogP contribution in [0, 0.1) is 11.3 Å². The van der Waals surface area contributed by atoms with Crippen LogP contribution in [0.5, 0.6) is 0 Å². The van der Waals surface area contributed by atoms with Crippen LogP contribution in [0.25, 0.3) is 0 Å². The highest BCUT2D eigenvalue weighted by Gasteiger charge is 2.60. The van der Waals surface area contributed by atoms with E-state index in [4.69, 9.17) is 14.2 Å². The van der Waals surface area contributed by atoms with Crippen molar-refractivity contribution in [1.29, 1.82) is 0 Å². The van der Waals surface area contributed by atoms with Crippen molar-refractivity contribution in [1.82, 2.24) is 0 Å². The molecule has 0 amide bonds. The first-order valence-corrected chi connectivity index (χ1v) is 11.1. The predicted molar refractivity (Wildman–Crippen MR) is 117 cm³/mol. The molecule has 2 N–H and O–H groups in total. The molecule has 0 heterocycles. The fourth-order valence-corrected chi connectivity index (χ4v) is 5.02. The van der Waals surface area contributed by atoms with Crippen molar-refractivity contribution >= 4 is 23.7 Å². The number of hydrogen-bond acceptors (Lipinski definition) is 9. The zero-order chi connectivity index (χ0) is 25.6. The monoisotopic (exact) mass is 468 g/mol. The molecule has 0 saturated heterocycles. The Morgan fingerprint density at radius 1 is 1.12 bits per heavy atom. The lowest BCUT2D eigenvalue weighted by molar-refractivity contribution is -0.223. The molecule has 0 aromatic heterocycles. The number of rotatable bonds is 6. The van der Waals surface area contributed by atoms with E-state index in [-0.39, 0.29) is 24.2 Å². The lowest BCUT2D eigenvalue weighted by atomic mass is 9.54. The lowest BCUT2D eigenvalue weighted by Gasteiger charge is -2.55. The molecule has 0 aromatic carbocycles. The Morgan fingerprint density at radius 3 is 2.18 bits per heavy atom. The Labute approximate surface area is 194 Å². The van der Waals surface area contributed by atoms with Crippen molar-refractivity contribution < 1.29 is 43.6 Å². The normalized spacial score (nSPS) is 32.5. The molecular formula is C24H36O9. The van der Waals surface area contributed by atoms with Gasteiger partial charge in [-0.25, -0.2) is 4.79 Å². The smallest absolute Gasteiger partial charge is 0.342 e. The predicted octanol–water partition coefficient (Wildman–Crippen LogP) is 2.01. The number of carbonyl (C=O) groups excluding carboxylic acids is 4. The van der Waals surface area contributed by atoms with E-state index in [1.807, 2.05) is 6.92 Å². The summed E-state index contributed by atoms with van der Waals surface area (Å²) in [4.78, 5) is 49.1. The second-order valence-electron chi connectivity index (χ2n) is 10.5. The molecule has 6 atom stereocenters. The highest BCUT2D eigenvalue weighted by molar-refractivity contribution is 5.98. The molecule has 1 fully saturated rings. The Bertz CT molecular complexity index is 866. The molecular weight excluding hydrogens is 432 g/mol. The minimum absolute atomic E-state index is 0.145. The first-order valence-electron chi connectivity index (χ1n) is 11.1. The molecule has 0 radical (unpaired) electrons. The van der Waals surface area contributed by atoms with E-state index in [1.165, 1.54) is 34.6 Å². The molecule has 0 aliphatic heterocycles. The van der Waals surface area contributed by atoms with Crippen molar-refractivity contribution in [3.05, 3.63) is 11.6 Å². The molecule has 0 aromatic rings. The van der Waals surface area contributed by atoms with Gasteiger partial charge in [0.1, 0.15) is 12.2 Å². The van der Waals surface area contributed by atoms with Gasteiger partial charge in [0.25, 0.3) is 0 Å². The Morgan fingerprint density at radius 2 is 1.70 bits per heavy atom. The van der Waals surface area contributed by atoms with Crippen molar-refractivity contribution in [3.63, 3.8) is 0 Å². The van der Waals surface area contributed by atoms with Crippen LogP contribution >= 0.6 is 0 Å². The molecule has 2 aliphatic rings. The SMILES string of the molecule is CC(=O)O[C@@H](C)[C@](C)(O)C(=O)O[C@@H]1CC[C@]2(C)CC(=O)C(C(C)(C)O)=C[C@@H]2[C@@]1(C)OC(C)=O. The highest BCUT2D eigenvalue weighted by atomic mass is 16.6. The summed E-state index contributed by atoms with van der Waals surface area (Å²) >= 11 is 0. The second-order valence-corrected chi connectivity index (χ2v) is 10.5. The van der Waals surface area contributed by atoms with Crippen molar-refractivity contribution in [2.75, 3.05) is 0 Å². The maximum Gasteiger partial charge on any atom is 0.342 e. The number of fused-ring (bicyclic) bond motifs is 1. The number of esters is 3. The standard InChI is InChI=1S/C24H36O9/c1-13(31-14(2)25)23(7,30)20(28)32-19-9-10-22(6)12-17(27)16(21(4,5)29)11-18(22)24(19,8)33-15(3)26/h11,13,18-19,29-30H,9-10,12H2,1-8H3/t13-,18-,19+,22+,23-,24+/m0/s1. The molecule has 186 valence electrons.